The molecule has 2 aromatic rings. The third-order valence-electron chi connectivity index (χ3n) is 5.40. The average Bonchev–Trinajstić information content (AvgIpc) is 2.82. The molecule has 2 aliphatic heterocycles. The van der Waals surface area contributed by atoms with E-state index in [-0.39, 0.29) is 24.4 Å². The highest BCUT2D eigenvalue weighted by atomic mass is 16.7. The molecule has 0 bridgehead atoms. The van der Waals surface area contributed by atoms with E-state index < -0.39 is 0 Å². The van der Waals surface area contributed by atoms with E-state index in [0.29, 0.717) is 0 Å². The van der Waals surface area contributed by atoms with Gasteiger partial charge >= 0.3 is 7.12 Å². The van der Waals surface area contributed by atoms with Crippen molar-refractivity contribution >= 4 is 18.7 Å². The molecule has 0 aliphatic carbocycles. The van der Waals surface area contributed by atoms with Crippen LogP contribution in [0.1, 0.15) is 44.9 Å². The van der Waals surface area contributed by atoms with Crippen LogP contribution >= 0.6 is 0 Å². The van der Waals surface area contributed by atoms with E-state index in [0.717, 1.165) is 22.3 Å². The van der Waals surface area contributed by atoms with Crippen LogP contribution in [-0.4, -0.2) is 18.3 Å². The quantitative estimate of drug-likeness (QED) is 0.773. The van der Waals surface area contributed by atoms with E-state index >= 15 is 0 Å². The lowest BCUT2D eigenvalue weighted by molar-refractivity contribution is 0.00578. The molecule has 0 aromatic heterocycles. The Morgan fingerprint density at radius 2 is 1.56 bits per heavy atom. The van der Waals surface area contributed by atoms with Crippen molar-refractivity contribution in [3.8, 4) is 5.75 Å². The summed E-state index contributed by atoms with van der Waals surface area (Å²) in [7, 11) is -0.375. The van der Waals surface area contributed by atoms with Crippen LogP contribution in [0.25, 0.3) is 6.08 Å². The molecule has 4 heteroatoms. The van der Waals surface area contributed by atoms with Gasteiger partial charge in [0.05, 0.1) is 11.2 Å². The number of hydrogen-bond acceptors (Lipinski definition) is 3. The van der Waals surface area contributed by atoms with Crippen LogP contribution in [0.15, 0.2) is 54.6 Å². The summed E-state index contributed by atoms with van der Waals surface area (Å²) in [6.07, 6.45) is 4.14. The van der Waals surface area contributed by atoms with Crippen molar-refractivity contribution < 1.29 is 14.0 Å². The minimum atomic E-state index is -0.375. The Morgan fingerprint density at radius 3 is 2.24 bits per heavy atom. The summed E-state index contributed by atoms with van der Waals surface area (Å²) in [6.45, 7) is 8.26. The monoisotopic (exact) mass is 334 g/mol. The molecule has 2 heterocycles. The average molecular weight is 334 g/mol. The molecule has 0 amide bonds. The fourth-order valence-corrected chi connectivity index (χ4v) is 3.11. The van der Waals surface area contributed by atoms with Crippen molar-refractivity contribution in [3.05, 3.63) is 65.7 Å². The molecule has 1 atom stereocenters. The zero-order chi connectivity index (χ0) is 17.7. The second kappa shape index (κ2) is 5.75. The van der Waals surface area contributed by atoms with Gasteiger partial charge in [0.25, 0.3) is 0 Å². The van der Waals surface area contributed by atoms with Gasteiger partial charge in [-0.05, 0) is 50.9 Å². The lowest BCUT2D eigenvalue weighted by Crippen LogP contribution is -2.41. The molecule has 25 heavy (non-hydrogen) atoms. The normalized spacial score (nSPS) is 23.2. The maximum Gasteiger partial charge on any atom is 0.494 e. The highest BCUT2D eigenvalue weighted by molar-refractivity contribution is 6.62. The second-order valence-corrected chi connectivity index (χ2v) is 7.69. The highest BCUT2D eigenvalue weighted by Gasteiger charge is 2.51. The summed E-state index contributed by atoms with van der Waals surface area (Å²) >= 11 is 0. The van der Waals surface area contributed by atoms with Crippen LogP contribution in [0.5, 0.6) is 5.75 Å². The molecule has 1 fully saturated rings. The van der Waals surface area contributed by atoms with Crippen LogP contribution in [0.3, 0.4) is 0 Å². The maximum absolute atomic E-state index is 6.22. The van der Waals surface area contributed by atoms with Crippen molar-refractivity contribution in [1.82, 2.24) is 0 Å². The van der Waals surface area contributed by atoms with Gasteiger partial charge in [0.2, 0.25) is 0 Å². The van der Waals surface area contributed by atoms with Gasteiger partial charge < -0.3 is 14.0 Å². The predicted molar refractivity (Wildman–Crippen MR) is 101 cm³/mol. The third kappa shape index (κ3) is 2.90. The fourth-order valence-electron chi connectivity index (χ4n) is 3.11. The molecule has 1 saturated heterocycles. The molecule has 0 radical (unpaired) electrons. The van der Waals surface area contributed by atoms with E-state index in [2.05, 4.69) is 64.1 Å². The minimum absolute atomic E-state index is 0.0674. The molecule has 3 nitrogen and oxygen atoms in total. The molecular formula is C21H23BO3. The summed E-state index contributed by atoms with van der Waals surface area (Å²) in [5, 5.41) is 0. The summed E-state index contributed by atoms with van der Waals surface area (Å²) in [5.41, 5.74) is 2.51. The number of fused-ring (bicyclic) bond motifs is 1. The molecule has 4 rings (SSSR count). The van der Waals surface area contributed by atoms with E-state index in [1.54, 1.807) is 0 Å². The summed E-state index contributed by atoms with van der Waals surface area (Å²) in [5.74, 6) is 0.864. The molecular weight excluding hydrogens is 311 g/mol. The lowest BCUT2D eigenvalue weighted by atomic mass is 9.78. The Hall–Kier alpha value is -2.04. The second-order valence-electron chi connectivity index (χ2n) is 7.69. The first-order chi connectivity index (χ1) is 11.9. The smallest absolute Gasteiger partial charge is 0.481 e. The zero-order valence-corrected chi connectivity index (χ0v) is 15.2. The number of rotatable bonds is 2. The van der Waals surface area contributed by atoms with Crippen LogP contribution in [0, 0.1) is 0 Å². The minimum Gasteiger partial charge on any atom is -0.481 e. The van der Waals surface area contributed by atoms with Crippen molar-refractivity contribution in [2.45, 2.75) is 45.0 Å². The standard InChI is InChI=1S/C21H23BO3/c1-20(2)21(3,4)25-22(24-20)17-12-10-16-11-13-18(23-19(16)14-17)15-8-6-5-7-9-15/h5-14,18H,1-4H3/t18-/m0/s1. The molecule has 0 unspecified atom stereocenters. The molecule has 2 aromatic carbocycles. The molecule has 128 valence electrons. The van der Waals surface area contributed by atoms with E-state index in [9.17, 15) is 0 Å². The van der Waals surface area contributed by atoms with Gasteiger partial charge in [0, 0.05) is 5.56 Å². The highest BCUT2D eigenvalue weighted by Crippen LogP contribution is 2.37. The SMILES string of the molecule is CC1(C)OB(c2ccc3c(c2)O[C@H](c2ccccc2)C=C3)OC1(C)C. The van der Waals surface area contributed by atoms with Crippen molar-refractivity contribution in [2.24, 2.45) is 0 Å². The largest absolute Gasteiger partial charge is 0.494 e. The Labute approximate surface area is 149 Å². The predicted octanol–water partition coefficient (Wildman–Crippen LogP) is 4.13. The van der Waals surface area contributed by atoms with E-state index in [4.69, 9.17) is 14.0 Å². The van der Waals surface area contributed by atoms with Gasteiger partial charge in [-0.2, -0.15) is 0 Å². The Morgan fingerprint density at radius 1 is 0.880 bits per heavy atom. The van der Waals surface area contributed by atoms with Gasteiger partial charge in [0.15, 0.2) is 0 Å². The van der Waals surface area contributed by atoms with Crippen molar-refractivity contribution in [2.75, 3.05) is 0 Å². The number of benzene rings is 2. The Bertz CT molecular complexity index is 795. The first-order valence-electron chi connectivity index (χ1n) is 8.75. The summed E-state index contributed by atoms with van der Waals surface area (Å²) < 4.78 is 18.5. The summed E-state index contributed by atoms with van der Waals surface area (Å²) in [4.78, 5) is 0. The molecule has 0 N–H and O–H groups in total. The third-order valence-corrected chi connectivity index (χ3v) is 5.40. The van der Waals surface area contributed by atoms with Crippen molar-refractivity contribution in [1.29, 1.82) is 0 Å². The number of ether oxygens (including phenoxy) is 1. The Kier molecular flexibility index (Phi) is 3.78. The zero-order valence-electron chi connectivity index (χ0n) is 15.2. The van der Waals surface area contributed by atoms with Crippen LogP contribution in [0.4, 0.5) is 0 Å². The van der Waals surface area contributed by atoms with Gasteiger partial charge in [-0.1, -0.05) is 48.5 Å². The van der Waals surface area contributed by atoms with E-state index in [1.165, 1.54) is 0 Å². The maximum atomic E-state index is 6.22. The van der Waals surface area contributed by atoms with Gasteiger partial charge in [-0.25, -0.2) is 0 Å². The van der Waals surface area contributed by atoms with E-state index in [1.807, 2.05) is 24.3 Å². The molecule has 0 saturated carbocycles. The first-order valence-corrected chi connectivity index (χ1v) is 8.75. The summed E-state index contributed by atoms with van der Waals surface area (Å²) in [6, 6.07) is 16.4. The van der Waals surface area contributed by atoms with Crippen LogP contribution in [0.2, 0.25) is 0 Å². The fraction of sp³-hybridized carbons (Fsp3) is 0.333. The van der Waals surface area contributed by atoms with Crippen LogP contribution < -0.4 is 10.2 Å². The van der Waals surface area contributed by atoms with Gasteiger partial charge in [-0.3, -0.25) is 0 Å². The lowest BCUT2D eigenvalue weighted by Gasteiger charge is -2.32. The van der Waals surface area contributed by atoms with Crippen LogP contribution in [-0.2, 0) is 9.31 Å². The molecule has 0 spiro atoms. The van der Waals surface area contributed by atoms with Gasteiger partial charge in [-0.15, -0.1) is 0 Å². The molecule has 2 aliphatic rings. The Balaban J connectivity index is 1.61. The number of hydrogen-bond donors (Lipinski definition) is 0. The van der Waals surface area contributed by atoms with Crippen molar-refractivity contribution in [3.63, 3.8) is 0 Å². The first kappa shape index (κ1) is 16.4. The topological polar surface area (TPSA) is 27.7 Å². The van der Waals surface area contributed by atoms with Gasteiger partial charge in [0.1, 0.15) is 11.9 Å².